The number of hydrogen-bond donors (Lipinski definition) is 0. The van der Waals surface area contributed by atoms with E-state index in [0.717, 1.165) is 28.8 Å². The van der Waals surface area contributed by atoms with Crippen LogP contribution < -0.4 is 0 Å². The van der Waals surface area contributed by atoms with Crippen LogP contribution in [0.4, 0.5) is 0 Å². The Balaban J connectivity index is 2.26. The molecule has 0 atom stereocenters. The van der Waals surface area contributed by atoms with Crippen LogP contribution in [-0.4, -0.2) is 20.2 Å². The number of aryl methyl sites for hydroxylation is 2. The van der Waals surface area contributed by atoms with Gasteiger partial charge in [0, 0.05) is 10.9 Å². The minimum atomic E-state index is 0.913. The molecule has 2 heterocycles. The number of nitrogens with zero attached hydrogens (tertiary/aromatic N) is 4. The zero-order valence-corrected chi connectivity index (χ0v) is 8.90. The summed E-state index contributed by atoms with van der Waals surface area (Å²) >= 11 is 3.46. The lowest BCUT2D eigenvalue weighted by atomic mass is 10.0. The van der Waals surface area contributed by atoms with Crippen molar-refractivity contribution in [3.05, 3.63) is 34.1 Å². The fraction of sp³-hybridized carbons (Fsp3) is 0.222. The molecule has 70 valence electrons. The summed E-state index contributed by atoms with van der Waals surface area (Å²) in [5.74, 6) is 0.944. The van der Waals surface area contributed by atoms with Crippen molar-refractivity contribution in [1.82, 2.24) is 20.2 Å². The van der Waals surface area contributed by atoms with Crippen molar-refractivity contribution >= 4 is 15.9 Å². The maximum atomic E-state index is 3.97. The van der Waals surface area contributed by atoms with E-state index >= 15 is 0 Å². The molecule has 0 unspecified atom stereocenters. The molecule has 2 aromatic rings. The van der Waals surface area contributed by atoms with Crippen LogP contribution in [0.2, 0.25) is 0 Å². The molecule has 1 aromatic carbocycles. The van der Waals surface area contributed by atoms with E-state index in [0.29, 0.717) is 0 Å². The van der Waals surface area contributed by atoms with Gasteiger partial charge < -0.3 is 0 Å². The second-order valence-electron chi connectivity index (χ2n) is 3.28. The average Bonchev–Trinajstić information content (AvgIpc) is 2.65. The Morgan fingerprint density at radius 1 is 1.29 bits per heavy atom. The Kier molecular flexibility index (Phi) is 1.67. The molecule has 0 radical (unpaired) electrons. The zero-order valence-electron chi connectivity index (χ0n) is 7.31. The van der Waals surface area contributed by atoms with E-state index in [4.69, 9.17) is 0 Å². The minimum absolute atomic E-state index is 0.913. The Labute approximate surface area is 89.1 Å². The van der Waals surface area contributed by atoms with E-state index in [1.807, 2.05) is 16.8 Å². The summed E-state index contributed by atoms with van der Waals surface area (Å²) in [5, 5.41) is 11.6. The first-order valence-electron chi connectivity index (χ1n) is 4.40. The lowest BCUT2D eigenvalue weighted by molar-refractivity contribution is 0.711. The molecule has 1 aliphatic heterocycles. The fourth-order valence-electron chi connectivity index (χ4n) is 1.76. The van der Waals surface area contributed by atoms with Crippen molar-refractivity contribution in [2.24, 2.45) is 0 Å². The smallest absolute Gasteiger partial charge is 0.157 e. The quantitative estimate of drug-likeness (QED) is 0.713. The van der Waals surface area contributed by atoms with Gasteiger partial charge in [0.15, 0.2) is 5.82 Å². The van der Waals surface area contributed by atoms with Gasteiger partial charge in [-0.05, 0) is 40.6 Å². The molecular weight excluding hydrogens is 244 g/mol. The SMILES string of the molecule is Brc1ccc2c(c1)CCc1nnnn1-2. The molecule has 14 heavy (non-hydrogen) atoms. The number of hydrogen-bond acceptors (Lipinski definition) is 3. The highest BCUT2D eigenvalue weighted by Gasteiger charge is 2.17. The topological polar surface area (TPSA) is 43.6 Å². The lowest BCUT2D eigenvalue weighted by Gasteiger charge is -2.15. The minimum Gasteiger partial charge on any atom is -0.197 e. The molecule has 0 N–H and O–H groups in total. The molecule has 0 bridgehead atoms. The monoisotopic (exact) mass is 250 g/mol. The summed E-state index contributed by atoms with van der Waals surface area (Å²) in [6.07, 6.45) is 1.92. The van der Waals surface area contributed by atoms with Gasteiger partial charge >= 0.3 is 0 Å². The van der Waals surface area contributed by atoms with Gasteiger partial charge in [0.1, 0.15) is 0 Å². The van der Waals surface area contributed by atoms with Crippen LogP contribution in [0.5, 0.6) is 0 Å². The summed E-state index contributed by atoms with van der Waals surface area (Å²) in [7, 11) is 0. The molecule has 0 aliphatic carbocycles. The van der Waals surface area contributed by atoms with Gasteiger partial charge in [-0.25, -0.2) is 0 Å². The highest BCUT2D eigenvalue weighted by atomic mass is 79.9. The molecular formula is C9H7BrN4. The summed E-state index contributed by atoms with van der Waals surface area (Å²) in [6, 6.07) is 6.17. The maximum absolute atomic E-state index is 3.97. The second kappa shape index (κ2) is 2.88. The van der Waals surface area contributed by atoms with E-state index in [2.05, 4.69) is 37.5 Å². The number of rotatable bonds is 0. The first-order chi connectivity index (χ1) is 6.84. The summed E-state index contributed by atoms with van der Waals surface area (Å²) in [6.45, 7) is 0. The maximum Gasteiger partial charge on any atom is 0.157 e. The van der Waals surface area contributed by atoms with Crippen molar-refractivity contribution in [2.75, 3.05) is 0 Å². The number of aromatic nitrogens is 4. The average molecular weight is 251 g/mol. The molecule has 0 amide bonds. The van der Waals surface area contributed by atoms with Gasteiger partial charge in [-0.2, -0.15) is 4.68 Å². The van der Waals surface area contributed by atoms with E-state index in [-0.39, 0.29) is 0 Å². The largest absolute Gasteiger partial charge is 0.197 e. The molecule has 0 spiro atoms. The molecule has 0 saturated heterocycles. The Morgan fingerprint density at radius 3 is 3.14 bits per heavy atom. The van der Waals surface area contributed by atoms with Crippen LogP contribution in [0.3, 0.4) is 0 Å². The fourth-order valence-corrected chi connectivity index (χ4v) is 2.16. The van der Waals surface area contributed by atoms with Crippen LogP contribution >= 0.6 is 15.9 Å². The zero-order chi connectivity index (χ0) is 9.54. The van der Waals surface area contributed by atoms with Crippen LogP contribution in [0, 0.1) is 0 Å². The van der Waals surface area contributed by atoms with Crippen molar-refractivity contribution in [1.29, 1.82) is 0 Å². The first-order valence-corrected chi connectivity index (χ1v) is 5.20. The molecule has 0 saturated carbocycles. The van der Waals surface area contributed by atoms with Crippen LogP contribution in [0.25, 0.3) is 5.69 Å². The predicted octanol–water partition coefficient (Wildman–Crippen LogP) is 1.52. The third-order valence-corrected chi connectivity index (χ3v) is 2.92. The van der Waals surface area contributed by atoms with Crippen LogP contribution in [0.1, 0.15) is 11.4 Å². The van der Waals surface area contributed by atoms with E-state index in [1.54, 1.807) is 0 Å². The van der Waals surface area contributed by atoms with Crippen molar-refractivity contribution in [2.45, 2.75) is 12.8 Å². The number of benzene rings is 1. The third-order valence-electron chi connectivity index (χ3n) is 2.42. The van der Waals surface area contributed by atoms with E-state index in [9.17, 15) is 0 Å². The molecule has 3 rings (SSSR count). The first kappa shape index (κ1) is 8.11. The second-order valence-corrected chi connectivity index (χ2v) is 4.20. The van der Waals surface area contributed by atoms with Gasteiger partial charge in [0.2, 0.25) is 0 Å². The van der Waals surface area contributed by atoms with E-state index < -0.39 is 0 Å². The summed E-state index contributed by atoms with van der Waals surface area (Å²) in [4.78, 5) is 0. The van der Waals surface area contributed by atoms with Gasteiger partial charge in [-0.1, -0.05) is 15.9 Å². The van der Waals surface area contributed by atoms with Crippen molar-refractivity contribution < 1.29 is 0 Å². The molecule has 0 fully saturated rings. The summed E-state index contributed by atoms with van der Waals surface area (Å²) < 4.78 is 2.92. The van der Waals surface area contributed by atoms with Crippen LogP contribution in [0.15, 0.2) is 22.7 Å². The normalized spacial score (nSPS) is 13.5. The van der Waals surface area contributed by atoms with Gasteiger partial charge in [0.25, 0.3) is 0 Å². The number of tetrazole rings is 1. The van der Waals surface area contributed by atoms with Crippen LogP contribution in [-0.2, 0) is 12.8 Å². The molecule has 5 heteroatoms. The van der Waals surface area contributed by atoms with E-state index in [1.165, 1.54) is 5.56 Å². The third kappa shape index (κ3) is 1.09. The molecule has 1 aromatic heterocycles. The Hall–Kier alpha value is -1.23. The van der Waals surface area contributed by atoms with Crippen molar-refractivity contribution in [3.63, 3.8) is 0 Å². The number of fused-ring (bicyclic) bond motifs is 3. The van der Waals surface area contributed by atoms with Crippen molar-refractivity contribution in [3.8, 4) is 5.69 Å². The Bertz CT molecular complexity index is 491. The predicted molar refractivity (Wildman–Crippen MR) is 54.3 cm³/mol. The molecule has 4 nitrogen and oxygen atoms in total. The number of halogens is 1. The highest BCUT2D eigenvalue weighted by Crippen LogP contribution is 2.25. The van der Waals surface area contributed by atoms with Gasteiger partial charge in [0.05, 0.1) is 5.69 Å². The summed E-state index contributed by atoms with van der Waals surface area (Å²) in [5.41, 5.74) is 2.39. The van der Waals surface area contributed by atoms with Gasteiger partial charge in [-0.3, -0.25) is 0 Å². The standard InChI is InChI=1S/C9H7BrN4/c10-7-2-3-8-6(5-7)1-4-9-11-12-13-14(8)9/h2-3,5H,1,4H2. The highest BCUT2D eigenvalue weighted by molar-refractivity contribution is 9.10. The molecule has 1 aliphatic rings. The Morgan fingerprint density at radius 2 is 2.21 bits per heavy atom. The van der Waals surface area contributed by atoms with Gasteiger partial charge in [-0.15, -0.1) is 5.10 Å². The lowest BCUT2D eigenvalue weighted by Crippen LogP contribution is -2.13.